The van der Waals surface area contributed by atoms with Gasteiger partial charge in [-0.15, -0.1) is 0 Å². The Bertz CT molecular complexity index is 482. The van der Waals surface area contributed by atoms with E-state index in [1.165, 1.54) is 0 Å². The molecule has 4 nitrogen and oxygen atoms in total. The van der Waals surface area contributed by atoms with Gasteiger partial charge in [0.05, 0.1) is 12.0 Å². The topological polar surface area (TPSA) is 55.8 Å². The van der Waals surface area contributed by atoms with Crippen molar-refractivity contribution in [3.05, 3.63) is 29.8 Å². The van der Waals surface area contributed by atoms with Crippen LogP contribution < -0.4 is 4.74 Å². The van der Waals surface area contributed by atoms with E-state index in [-0.39, 0.29) is 6.10 Å². The zero-order chi connectivity index (χ0) is 14.7. The van der Waals surface area contributed by atoms with E-state index >= 15 is 0 Å². The largest absolute Gasteiger partial charge is 0.488 e. The highest BCUT2D eigenvalue weighted by Crippen LogP contribution is 2.41. The molecule has 1 aromatic carbocycles. The lowest BCUT2D eigenvalue weighted by Crippen LogP contribution is -2.32. The smallest absolute Gasteiger partial charge is 0.314 e. The number of ether oxygens (including phenoxy) is 2. The highest BCUT2D eigenvalue weighted by molar-refractivity contribution is 5.81. The molecule has 1 aromatic rings. The second-order valence-electron chi connectivity index (χ2n) is 6.08. The summed E-state index contributed by atoms with van der Waals surface area (Å²) in [6, 6.07) is 7.62. The Morgan fingerprint density at radius 2 is 1.90 bits per heavy atom. The summed E-state index contributed by atoms with van der Waals surface area (Å²) < 4.78 is 11.3. The second-order valence-corrected chi connectivity index (χ2v) is 6.08. The van der Waals surface area contributed by atoms with E-state index < -0.39 is 11.4 Å². The number of carboxylic acids is 1. The number of aliphatic carboxylic acids is 1. The molecule has 2 aliphatic rings. The van der Waals surface area contributed by atoms with Crippen LogP contribution in [-0.2, 0) is 14.9 Å². The maximum atomic E-state index is 11.7. The van der Waals surface area contributed by atoms with Crippen LogP contribution in [0, 0.1) is 0 Å². The van der Waals surface area contributed by atoms with Gasteiger partial charge in [0.25, 0.3) is 0 Å². The van der Waals surface area contributed by atoms with Crippen molar-refractivity contribution in [3.63, 3.8) is 0 Å². The minimum Gasteiger partial charge on any atom is -0.488 e. The standard InChI is InChI=1S/C17H22O4/c18-16(19)17(9-1-2-10-17)13-5-7-14(8-6-13)21-15-4-3-11-20-12-15/h5-8,15H,1-4,9-12H2,(H,18,19). The fourth-order valence-corrected chi connectivity index (χ4v) is 3.45. The lowest BCUT2D eigenvalue weighted by atomic mass is 9.79. The van der Waals surface area contributed by atoms with Gasteiger partial charge >= 0.3 is 5.97 Å². The maximum absolute atomic E-state index is 11.7. The highest BCUT2D eigenvalue weighted by atomic mass is 16.5. The molecular weight excluding hydrogens is 268 g/mol. The summed E-state index contributed by atoms with van der Waals surface area (Å²) in [5.74, 6) is 0.0992. The van der Waals surface area contributed by atoms with Gasteiger partial charge in [0.15, 0.2) is 0 Å². The van der Waals surface area contributed by atoms with E-state index in [2.05, 4.69) is 0 Å². The Hall–Kier alpha value is -1.55. The van der Waals surface area contributed by atoms with Crippen molar-refractivity contribution in [2.75, 3.05) is 13.2 Å². The first kappa shape index (κ1) is 14.4. The van der Waals surface area contributed by atoms with E-state index in [1.807, 2.05) is 24.3 Å². The molecule has 0 spiro atoms. The molecule has 0 bridgehead atoms. The van der Waals surface area contributed by atoms with Gasteiger partial charge in [-0.25, -0.2) is 0 Å². The van der Waals surface area contributed by atoms with Crippen LogP contribution in [0.25, 0.3) is 0 Å². The average molecular weight is 290 g/mol. The highest BCUT2D eigenvalue weighted by Gasteiger charge is 2.42. The van der Waals surface area contributed by atoms with Crippen molar-refractivity contribution in [3.8, 4) is 5.75 Å². The maximum Gasteiger partial charge on any atom is 0.314 e. The Labute approximate surface area is 125 Å². The summed E-state index contributed by atoms with van der Waals surface area (Å²) in [5, 5.41) is 9.60. The van der Waals surface area contributed by atoms with Gasteiger partial charge < -0.3 is 14.6 Å². The molecule has 1 saturated heterocycles. The lowest BCUT2D eigenvalue weighted by molar-refractivity contribution is -0.143. The van der Waals surface area contributed by atoms with E-state index in [0.29, 0.717) is 6.61 Å². The van der Waals surface area contributed by atoms with E-state index in [9.17, 15) is 9.90 Å². The summed E-state index contributed by atoms with van der Waals surface area (Å²) in [5.41, 5.74) is 0.215. The van der Waals surface area contributed by atoms with Gasteiger partial charge in [-0.3, -0.25) is 4.79 Å². The summed E-state index contributed by atoms with van der Waals surface area (Å²) in [4.78, 5) is 11.7. The normalized spacial score (nSPS) is 24.7. The van der Waals surface area contributed by atoms with Crippen LogP contribution in [0.2, 0.25) is 0 Å². The molecule has 4 heteroatoms. The molecule has 1 aliphatic carbocycles. The second kappa shape index (κ2) is 6.06. The Kier molecular flexibility index (Phi) is 4.15. The number of carbonyl (C=O) groups is 1. The molecule has 1 unspecified atom stereocenters. The fraction of sp³-hybridized carbons (Fsp3) is 0.588. The predicted molar refractivity (Wildman–Crippen MR) is 78.7 cm³/mol. The predicted octanol–water partition coefficient (Wildman–Crippen LogP) is 3.14. The van der Waals surface area contributed by atoms with Crippen LogP contribution in [0.15, 0.2) is 24.3 Å². The summed E-state index contributed by atoms with van der Waals surface area (Å²) in [7, 11) is 0. The van der Waals surface area contributed by atoms with Crippen LogP contribution >= 0.6 is 0 Å². The van der Waals surface area contributed by atoms with Crippen LogP contribution in [-0.4, -0.2) is 30.4 Å². The molecule has 1 saturated carbocycles. The monoisotopic (exact) mass is 290 g/mol. The third kappa shape index (κ3) is 2.91. The van der Waals surface area contributed by atoms with Crippen molar-refractivity contribution >= 4 is 5.97 Å². The lowest BCUT2D eigenvalue weighted by Gasteiger charge is -2.26. The molecule has 0 radical (unpaired) electrons. The Morgan fingerprint density at radius 1 is 1.19 bits per heavy atom. The van der Waals surface area contributed by atoms with E-state index in [1.54, 1.807) is 0 Å². The fourth-order valence-electron chi connectivity index (χ4n) is 3.45. The molecule has 0 amide bonds. The molecule has 0 aromatic heterocycles. The van der Waals surface area contributed by atoms with Crippen molar-refractivity contribution in [2.45, 2.75) is 50.0 Å². The van der Waals surface area contributed by atoms with Gasteiger partial charge in [-0.05, 0) is 43.4 Å². The van der Waals surface area contributed by atoms with Crippen molar-refractivity contribution in [2.24, 2.45) is 0 Å². The van der Waals surface area contributed by atoms with E-state index in [4.69, 9.17) is 9.47 Å². The molecule has 1 atom stereocenters. The number of carboxylic acid groups (broad SMARTS) is 1. The zero-order valence-electron chi connectivity index (χ0n) is 12.2. The van der Waals surface area contributed by atoms with Crippen molar-refractivity contribution in [1.82, 2.24) is 0 Å². The molecule has 1 heterocycles. The van der Waals surface area contributed by atoms with Gasteiger partial charge in [0.1, 0.15) is 11.9 Å². The molecule has 21 heavy (non-hydrogen) atoms. The summed E-state index contributed by atoms with van der Waals surface area (Å²) in [6.07, 6.45) is 5.61. The summed E-state index contributed by atoms with van der Waals surface area (Å²) in [6.45, 7) is 1.46. The van der Waals surface area contributed by atoms with E-state index in [0.717, 1.165) is 56.4 Å². The van der Waals surface area contributed by atoms with Crippen molar-refractivity contribution < 1.29 is 19.4 Å². The molecule has 114 valence electrons. The van der Waals surface area contributed by atoms with Gasteiger partial charge in [-0.1, -0.05) is 25.0 Å². The first-order valence-electron chi connectivity index (χ1n) is 7.79. The molecular formula is C17H22O4. The van der Waals surface area contributed by atoms with Gasteiger partial charge in [0.2, 0.25) is 0 Å². The number of hydrogen-bond acceptors (Lipinski definition) is 3. The Balaban J connectivity index is 1.72. The average Bonchev–Trinajstić information content (AvgIpc) is 3.00. The minimum absolute atomic E-state index is 0.115. The third-order valence-electron chi connectivity index (χ3n) is 4.69. The summed E-state index contributed by atoms with van der Waals surface area (Å²) >= 11 is 0. The molecule has 1 aliphatic heterocycles. The number of rotatable bonds is 4. The minimum atomic E-state index is -0.700. The van der Waals surface area contributed by atoms with Crippen LogP contribution in [0.4, 0.5) is 0 Å². The Morgan fingerprint density at radius 3 is 2.48 bits per heavy atom. The zero-order valence-corrected chi connectivity index (χ0v) is 12.2. The molecule has 3 rings (SSSR count). The molecule has 1 N–H and O–H groups in total. The molecule has 2 fully saturated rings. The van der Waals surface area contributed by atoms with Crippen LogP contribution in [0.3, 0.4) is 0 Å². The SMILES string of the molecule is O=C(O)C1(c2ccc(OC3CCCOC3)cc2)CCCC1. The quantitative estimate of drug-likeness (QED) is 0.925. The van der Waals surface area contributed by atoms with Crippen molar-refractivity contribution in [1.29, 1.82) is 0 Å². The number of benzene rings is 1. The van der Waals surface area contributed by atoms with Crippen LogP contribution in [0.5, 0.6) is 5.75 Å². The first-order valence-corrected chi connectivity index (χ1v) is 7.79. The number of hydrogen-bond donors (Lipinski definition) is 1. The third-order valence-corrected chi connectivity index (χ3v) is 4.69. The van der Waals surface area contributed by atoms with Gasteiger partial charge in [0, 0.05) is 6.61 Å². The van der Waals surface area contributed by atoms with Crippen LogP contribution in [0.1, 0.15) is 44.1 Å². The first-order chi connectivity index (χ1) is 10.2. The van der Waals surface area contributed by atoms with Gasteiger partial charge in [-0.2, -0.15) is 0 Å².